The molecule has 1 aliphatic heterocycles. The van der Waals surface area contributed by atoms with Crippen molar-refractivity contribution < 1.29 is 4.79 Å². The first-order chi connectivity index (χ1) is 12.2. The van der Waals surface area contributed by atoms with Gasteiger partial charge in [-0.2, -0.15) is 0 Å². The molecule has 4 rings (SSSR count). The van der Waals surface area contributed by atoms with Crippen molar-refractivity contribution in [2.45, 2.75) is 31.0 Å². The number of carbonyl (C=O) groups is 1. The highest BCUT2D eigenvalue weighted by Gasteiger charge is 2.20. The summed E-state index contributed by atoms with van der Waals surface area (Å²) in [7, 11) is 0. The normalized spacial score (nSPS) is 16.7. The van der Waals surface area contributed by atoms with Gasteiger partial charge in [0.1, 0.15) is 0 Å². The molecule has 0 aliphatic carbocycles. The third-order valence-electron chi connectivity index (χ3n) is 4.64. The van der Waals surface area contributed by atoms with Crippen LogP contribution in [0.2, 0.25) is 0 Å². The second kappa shape index (κ2) is 7.31. The number of nitrogens with zero attached hydrogens (tertiary/aromatic N) is 4. The van der Waals surface area contributed by atoms with Crippen LogP contribution in [0.4, 0.5) is 0 Å². The van der Waals surface area contributed by atoms with Gasteiger partial charge in [-0.15, -0.1) is 10.2 Å². The first kappa shape index (κ1) is 16.8. The van der Waals surface area contributed by atoms with Crippen LogP contribution in [0.15, 0.2) is 29.4 Å². The fraction of sp³-hybridized carbons (Fsp3) is 0.471. The van der Waals surface area contributed by atoms with Crippen LogP contribution >= 0.6 is 23.1 Å². The van der Waals surface area contributed by atoms with E-state index in [0.29, 0.717) is 11.8 Å². The van der Waals surface area contributed by atoms with E-state index in [1.165, 1.54) is 16.5 Å². The van der Waals surface area contributed by atoms with Gasteiger partial charge in [0.25, 0.3) is 0 Å². The van der Waals surface area contributed by atoms with E-state index < -0.39 is 0 Å². The van der Waals surface area contributed by atoms with Gasteiger partial charge < -0.3 is 10.2 Å². The Morgan fingerprint density at radius 2 is 2.12 bits per heavy atom. The number of thioether (sulfide) groups is 1. The summed E-state index contributed by atoms with van der Waals surface area (Å²) in [4.78, 5) is 15.6. The molecule has 1 fully saturated rings. The van der Waals surface area contributed by atoms with Crippen LogP contribution in [0.25, 0.3) is 15.2 Å². The van der Waals surface area contributed by atoms with Gasteiger partial charge in [-0.1, -0.05) is 42.2 Å². The lowest BCUT2D eigenvalue weighted by Gasteiger charge is -2.31. The highest BCUT2D eigenvalue weighted by molar-refractivity contribution is 7.99. The van der Waals surface area contributed by atoms with Crippen LogP contribution in [0.3, 0.4) is 0 Å². The summed E-state index contributed by atoms with van der Waals surface area (Å²) in [6.45, 7) is 5.41. The Hall–Kier alpha value is -1.64. The molecule has 3 aromatic rings. The number of carbonyl (C=O) groups excluding carboxylic acids is 1. The maximum absolute atomic E-state index is 12.3. The first-order valence-corrected chi connectivity index (χ1v) is 10.4. The van der Waals surface area contributed by atoms with Crippen LogP contribution in [0.1, 0.15) is 19.8 Å². The molecule has 0 spiro atoms. The van der Waals surface area contributed by atoms with Gasteiger partial charge in [0.05, 0.1) is 16.0 Å². The van der Waals surface area contributed by atoms with Crippen molar-refractivity contribution in [3.63, 3.8) is 0 Å². The molecule has 1 aromatic carbocycles. The van der Waals surface area contributed by atoms with Crippen LogP contribution < -0.4 is 5.32 Å². The van der Waals surface area contributed by atoms with E-state index in [-0.39, 0.29) is 5.91 Å². The summed E-state index contributed by atoms with van der Waals surface area (Å²) < 4.78 is 3.22. The minimum atomic E-state index is 0.0798. The Morgan fingerprint density at radius 1 is 1.32 bits per heavy atom. The number of thiazole rings is 1. The lowest BCUT2D eigenvalue weighted by Crippen LogP contribution is -2.45. The molecular formula is C17H21N5OS2. The molecule has 1 amide bonds. The largest absolute Gasteiger partial charge is 0.353 e. The molecule has 0 unspecified atom stereocenters. The molecule has 132 valence electrons. The topological polar surface area (TPSA) is 62.5 Å². The van der Waals surface area contributed by atoms with E-state index in [1.807, 2.05) is 16.5 Å². The van der Waals surface area contributed by atoms with Gasteiger partial charge in [0, 0.05) is 19.1 Å². The highest BCUT2D eigenvalue weighted by atomic mass is 32.2. The number of fused-ring (bicyclic) bond motifs is 3. The maximum atomic E-state index is 12.3. The summed E-state index contributed by atoms with van der Waals surface area (Å²) in [6, 6.07) is 8.48. The van der Waals surface area contributed by atoms with Gasteiger partial charge in [-0.3, -0.25) is 9.20 Å². The number of aromatic nitrogens is 3. The molecule has 0 atom stereocenters. The molecule has 6 nitrogen and oxygen atoms in total. The third-order valence-corrected chi connectivity index (χ3v) is 6.58. The number of hydrogen-bond donors (Lipinski definition) is 1. The Kier molecular flexibility index (Phi) is 4.91. The van der Waals surface area contributed by atoms with Gasteiger partial charge in [0.2, 0.25) is 10.9 Å². The highest BCUT2D eigenvalue weighted by Crippen LogP contribution is 2.29. The van der Waals surface area contributed by atoms with Crippen molar-refractivity contribution in [2.24, 2.45) is 0 Å². The standard InChI is InChI=1S/C17H21N5OS2/c1-2-21-9-7-12(8-10-21)18-15(23)11-24-16-19-20-17-22(16)13-5-3-4-6-14(13)25-17/h3-6,12H,2,7-11H2,1H3,(H,18,23). The monoisotopic (exact) mass is 375 g/mol. The zero-order valence-electron chi connectivity index (χ0n) is 14.1. The average molecular weight is 376 g/mol. The number of nitrogens with one attached hydrogen (secondary N) is 1. The van der Waals surface area contributed by atoms with Crippen molar-refractivity contribution >= 4 is 44.2 Å². The third kappa shape index (κ3) is 3.51. The van der Waals surface area contributed by atoms with E-state index in [1.54, 1.807) is 11.3 Å². The van der Waals surface area contributed by atoms with Crippen LogP contribution in [-0.4, -0.2) is 56.8 Å². The predicted molar refractivity (Wildman–Crippen MR) is 102 cm³/mol. The molecule has 0 saturated carbocycles. The average Bonchev–Trinajstić information content (AvgIpc) is 3.20. The number of benzene rings is 1. The number of likely N-dealkylation sites (tertiary alicyclic amines) is 1. The summed E-state index contributed by atoms with van der Waals surface area (Å²) in [5, 5.41) is 12.4. The van der Waals surface area contributed by atoms with Crippen molar-refractivity contribution in [2.75, 3.05) is 25.4 Å². The molecule has 0 radical (unpaired) electrons. The minimum Gasteiger partial charge on any atom is -0.353 e. The van der Waals surface area contributed by atoms with Crippen molar-refractivity contribution in [1.29, 1.82) is 0 Å². The Morgan fingerprint density at radius 3 is 2.92 bits per heavy atom. The maximum Gasteiger partial charge on any atom is 0.230 e. The number of piperidine rings is 1. The Bertz CT molecular complexity index is 882. The van der Waals surface area contributed by atoms with Crippen LogP contribution in [-0.2, 0) is 4.79 Å². The second-order valence-corrected chi connectivity index (χ2v) is 8.19. The fourth-order valence-corrected chi connectivity index (χ4v) is 5.02. The van der Waals surface area contributed by atoms with Crippen molar-refractivity contribution in [1.82, 2.24) is 24.8 Å². The molecule has 1 N–H and O–H groups in total. The van der Waals surface area contributed by atoms with Crippen molar-refractivity contribution in [3.05, 3.63) is 24.3 Å². The summed E-state index contributed by atoms with van der Waals surface area (Å²) in [5.41, 5.74) is 1.10. The predicted octanol–water partition coefficient (Wildman–Crippen LogP) is 2.64. The summed E-state index contributed by atoms with van der Waals surface area (Å²) >= 11 is 3.07. The molecule has 25 heavy (non-hydrogen) atoms. The van der Waals surface area contributed by atoms with Crippen molar-refractivity contribution in [3.8, 4) is 0 Å². The molecule has 1 saturated heterocycles. The van der Waals surface area contributed by atoms with Gasteiger partial charge in [-0.25, -0.2) is 0 Å². The lowest BCUT2D eigenvalue weighted by molar-refractivity contribution is -0.119. The number of hydrogen-bond acceptors (Lipinski definition) is 6. The van der Waals surface area contributed by atoms with Gasteiger partial charge in [-0.05, 0) is 31.5 Å². The molecule has 8 heteroatoms. The zero-order chi connectivity index (χ0) is 17.2. The molecule has 3 heterocycles. The molecule has 1 aliphatic rings. The smallest absolute Gasteiger partial charge is 0.230 e. The molecule has 0 bridgehead atoms. The van der Waals surface area contributed by atoms with Crippen LogP contribution in [0, 0.1) is 0 Å². The Labute approximate surface area is 154 Å². The summed E-state index contributed by atoms with van der Waals surface area (Å²) in [6.07, 6.45) is 2.07. The second-order valence-electron chi connectivity index (χ2n) is 6.24. The van der Waals surface area contributed by atoms with Crippen LogP contribution in [0.5, 0.6) is 0 Å². The fourth-order valence-electron chi connectivity index (χ4n) is 3.24. The van der Waals surface area contributed by atoms with Gasteiger partial charge >= 0.3 is 0 Å². The number of amides is 1. The zero-order valence-corrected chi connectivity index (χ0v) is 15.8. The van der Waals surface area contributed by atoms with E-state index in [9.17, 15) is 4.79 Å². The summed E-state index contributed by atoms with van der Waals surface area (Å²) in [5.74, 6) is 0.454. The van der Waals surface area contributed by atoms with Gasteiger partial charge in [0.15, 0.2) is 5.16 Å². The number of rotatable bonds is 5. The quantitative estimate of drug-likeness (QED) is 0.695. The molecule has 2 aromatic heterocycles. The van der Waals surface area contributed by atoms with E-state index >= 15 is 0 Å². The molecular weight excluding hydrogens is 354 g/mol. The van der Waals surface area contributed by atoms with E-state index in [2.05, 4.69) is 39.5 Å². The van der Waals surface area contributed by atoms with E-state index in [4.69, 9.17) is 0 Å². The van der Waals surface area contributed by atoms with E-state index in [0.717, 1.165) is 48.1 Å². The SMILES string of the molecule is CCN1CCC(NC(=O)CSc2nnc3sc4ccccc4n23)CC1. The lowest BCUT2D eigenvalue weighted by atomic mass is 10.1. The number of para-hydroxylation sites is 1. The Balaban J connectivity index is 1.38. The minimum absolute atomic E-state index is 0.0798. The first-order valence-electron chi connectivity index (χ1n) is 8.62.